The molecule has 1 N–H and O–H groups in total. The molecule has 3 heteroatoms. The number of rotatable bonds is 6. The fourth-order valence-corrected chi connectivity index (χ4v) is 3.51. The molecule has 0 radical (unpaired) electrons. The van der Waals surface area contributed by atoms with Crippen molar-refractivity contribution in [2.24, 2.45) is 5.92 Å². The van der Waals surface area contributed by atoms with Crippen LogP contribution in [0.4, 0.5) is 0 Å². The number of nitrogens with one attached hydrogen (secondary N) is 1. The lowest BCUT2D eigenvalue weighted by Crippen LogP contribution is -2.59. The van der Waals surface area contributed by atoms with E-state index in [1.807, 2.05) is 0 Å². The maximum absolute atomic E-state index is 12.3. The Morgan fingerprint density at radius 3 is 2.20 bits per heavy atom. The molecule has 0 aromatic heterocycles. The third-order valence-corrected chi connectivity index (χ3v) is 4.17. The fraction of sp³-hybridized carbons (Fsp3) is 0.941. The number of hydrogen-bond acceptors (Lipinski definition) is 3. The third-order valence-electron chi connectivity index (χ3n) is 4.17. The van der Waals surface area contributed by atoms with Crippen LogP contribution in [0.3, 0.4) is 0 Å². The van der Waals surface area contributed by atoms with Crippen molar-refractivity contribution in [3.05, 3.63) is 0 Å². The zero-order valence-electron chi connectivity index (χ0n) is 14.2. The van der Waals surface area contributed by atoms with Gasteiger partial charge < -0.3 is 10.1 Å². The molecule has 0 aromatic carbocycles. The molecule has 1 unspecified atom stereocenters. The number of unbranched alkanes of at least 4 members (excludes halogenated alkanes) is 1. The normalized spacial score (nSPS) is 23.3. The summed E-state index contributed by atoms with van der Waals surface area (Å²) in [5, 5.41) is 3.62. The molecule has 20 heavy (non-hydrogen) atoms. The smallest absolute Gasteiger partial charge is 0.309 e. The average Bonchev–Trinajstić information content (AvgIpc) is 2.25. The molecule has 1 saturated heterocycles. The monoisotopic (exact) mass is 283 g/mol. The topological polar surface area (TPSA) is 38.3 Å². The van der Waals surface area contributed by atoms with Crippen LogP contribution in [0.5, 0.6) is 0 Å². The van der Waals surface area contributed by atoms with Crippen molar-refractivity contribution in [1.82, 2.24) is 5.32 Å². The Balaban J connectivity index is 2.60. The van der Waals surface area contributed by atoms with E-state index in [1.165, 1.54) is 0 Å². The minimum absolute atomic E-state index is 0.0134. The summed E-state index contributed by atoms with van der Waals surface area (Å²) in [4.78, 5) is 12.3. The zero-order valence-corrected chi connectivity index (χ0v) is 14.2. The first-order valence-electron chi connectivity index (χ1n) is 8.19. The molecule has 118 valence electrons. The maximum Gasteiger partial charge on any atom is 0.309 e. The molecule has 1 rings (SSSR count). The van der Waals surface area contributed by atoms with E-state index in [9.17, 15) is 4.79 Å². The van der Waals surface area contributed by atoms with Gasteiger partial charge in [-0.25, -0.2) is 0 Å². The summed E-state index contributed by atoms with van der Waals surface area (Å²) >= 11 is 0. The minimum Gasteiger partial charge on any atom is -0.462 e. The Bertz CT molecular complexity index is 307. The van der Waals surface area contributed by atoms with Gasteiger partial charge in [-0.3, -0.25) is 4.79 Å². The van der Waals surface area contributed by atoms with Gasteiger partial charge in [0.05, 0.1) is 5.92 Å². The van der Waals surface area contributed by atoms with Crippen LogP contribution in [0.2, 0.25) is 0 Å². The van der Waals surface area contributed by atoms with Crippen molar-refractivity contribution in [2.45, 2.75) is 97.2 Å². The predicted molar refractivity (Wildman–Crippen MR) is 83.7 cm³/mol. The molecule has 0 spiro atoms. The van der Waals surface area contributed by atoms with Gasteiger partial charge in [-0.15, -0.1) is 0 Å². The lowest BCUT2D eigenvalue weighted by molar-refractivity contribution is -0.158. The zero-order chi connectivity index (χ0) is 15.4. The van der Waals surface area contributed by atoms with Crippen molar-refractivity contribution < 1.29 is 9.53 Å². The standard InChI is InChI=1S/C17H33NO2/c1-7-9-10-13(8-2)15(19)20-14-11-16(3,4)18-17(5,6)12-14/h13-14,18H,7-12H2,1-6H3. The van der Waals surface area contributed by atoms with E-state index >= 15 is 0 Å². The van der Waals surface area contributed by atoms with Crippen LogP contribution < -0.4 is 5.32 Å². The third kappa shape index (κ3) is 5.43. The van der Waals surface area contributed by atoms with E-state index < -0.39 is 0 Å². The highest BCUT2D eigenvalue weighted by Gasteiger charge is 2.39. The molecule has 1 atom stereocenters. The van der Waals surface area contributed by atoms with Crippen LogP contribution in [0, 0.1) is 5.92 Å². The van der Waals surface area contributed by atoms with Crippen LogP contribution in [0.25, 0.3) is 0 Å². The highest BCUT2D eigenvalue weighted by atomic mass is 16.5. The molecule has 0 aliphatic carbocycles. The second-order valence-electron chi connectivity index (χ2n) is 7.61. The van der Waals surface area contributed by atoms with Crippen LogP contribution in [-0.4, -0.2) is 23.2 Å². The fourth-order valence-electron chi connectivity index (χ4n) is 3.51. The molecule has 0 saturated carbocycles. The summed E-state index contributed by atoms with van der Waals surface area (Å²) in [5.74, 6) is 0.0931. The summed E-state index contributed by atoms with van der Waals surface area (Å²) < 4.78 is 5.83. The molecule has 0 amide bonds. The summed E-state index contributed by atoms with van der Waals surface area (Å²) in [7, 11) is 0. The molecular weight excluding hydrogens is 250 g/mol. The van der Waals surface area contributed by atoms with Crippen molar-refractivity contribution in [3.63, 3.8) is 0 Å². The van der Waals surface area contributed by atoms with Crippen molar-refractivity contribution in [3.8, 4) is 0 Å². The van der Waals surface area contributed by atoms with Crippen LogP contribution >= 0.6 is 0 Å². The molecule has 1 aliphatic rings. The Kier molecular flexibility index (Phi) is 6.06. The van der Waals surface area contributed by atoms with Gasteiger partial charge in [-0.05, 0) is 40.5 Å². The number of esters is 1. The molecule has 0 bridgehead atoms. The summed E-state index contributed by atoms with van der Waals surface area (Å²) in [6, 6.07) is 0. The summed E-state index contributed by atoms with van der Waals surface area (Å²) in [6.07, 6.45) is 5.93. The Morgan fingerprint density at radius 2 is 1.75 bits per heavy atom. The lowest BCUT2D eigenvalue weighted by Gasteiger charge is -2.46. The molecule has 1 heterocycles. The first-order chi connectivity index (χ1) is 9.19. The van der Waals surface area contributed by atoms with E-state index in [1.54, 1.807) is 0 Å². The van der Waals surface area contributed by atoms with E-state index in [2.05, 4.69) is 46.9 Å². The van der Waals surface area contributed by atoms with Gasteiger partial charge in [0.25, 0.3) is 0 Å². The molecule has 0 aromatic rings. The number of piperidine rings is 1. The number of hydrogen-bond donors (Lipinski definition) is 1. The molecule has 1 aliphatic heterocycles. The number of ether oxygens (including phenoxy) is 1. The van der Waals surface area contributed by atoms with Crippen LogP contribution in [0.15, 0.2) is 0 Å². The van der Waals surface area contributed by atoms with E-state index in [0.717, 1.165) is 38.5 Å². The Labute approximate surface area is 124 Å². The maximum atomic E-state index is 12.3. The lowest BCUT2D eigenvalue weighted by atomic mass is 9.81. The van der Waals surface area contributed by atoms with E-state index in [0.29, 0.717) is 0 Å². The van der Waals surface area contributed by atoms with E-state index in [4.69, 9.17) is 4.74 Å². The number of carbonyl (C=O) groups is 1. The first kappa shape index (κ1) is 17.5. The van der Waals surface area contributed by atoms with Gasteiger partial charge in [0.1, 0.15) is 6.10 Å². The highest BCUT2D eigenvalue weighted by molar-refractivity contribution is 5.72. The van der Waals surface area contributed by atoms with Gasteiger partial charge in [-0.1, -0.05) is 26.7 Å². The van der Waals surface area contributed by atoms with Gasteiger partial charge in [-0.2, -0.15) is 0 Å². The summed E-state index contributed by atoms with van der Waals surface area (Å²) in [6.45, 7) is 13.0. The van der Waals surface area contributed by atoms with Crippen LogP contribution in [0.1, 0.15) is 80.1 Å². The largest absolute Gasteiger partial charge is 0.462 e. The van der Waals surface area contributed by atoms with E-state index in [-0.39, 0.29) is 29.1 Å². The van der Waals surface area contributed by atoms with Crippen molar-refractivity contribution in [2.75, 3.05) is 0 Å². The quantitative estimate of drug-likeness (QED) is 0.747. The SMILES string of the molecule is CCCCC(CC)C(=O)OC1CC(C)(C)NC(C)(C)C1. The molecular formula is C17H33NO2. The Morgan fingerprint density at radius 1 is 1.20 bits per heavy atom. The van der Waals surface area contributed by atoms with Crippen molar-refractivity contribution in [1.29, 1.82) is 0 Å². The highest BCUT2D eigenvalue weighted by Crippen LogP contribution is 2.31. The van der Waals surface area contributed by atoms with Gasteiger partial charge >= 0.3 is 5.97 Å². The van der Waals surface area contributed by atoms with Gasteiger partial charge in [0.15, 0.2) is 0 Å². The average molecular weight is 283 g/mol. The second kappa shape index (κ2) is 6.93. The minimum atomic E-state index is 0.0134. The first-order valence-corrected chi connectivity index (χ1v) is 8.19. The predicted octanol–water partition coefficient (Wildman–Crippen LogP) is 4.06. The second-order valence-corrected chi connectivity index (χ2v) is 7.61. The molecule has 3 nitrogen and oxygen atoms in total. The van der Waals surface area contributed by atoms with Gasteiger partial charge in [0.2, 0.25) is 0 Å². The van der Waals surface area contributed by atoms with Gasteiger partial charge in [0, 0.05) is 23.9 Å². The number of carbonyl (C=O) groups excluding carboxylic acids is 1. The van der Waals surface area contributed by atoms with Crippen molar-refractivity contribution >= 4 is 5.97 Å². The Hall–Kier alpha value is -0.570. The summed E-state index contributed by atoms with van der Waals surface area (Å²) in [5.41, 5.74) is 0.0512. The van der Waals surface area contributed by atoms with Crippen LogP contribution in [-0.2, 0) is 9.53 Å². The molecule has 1 fully saturated rings.